The minimum absolute atomic E-state index is 0.413. The summed E-state index contributed by atoms with van der Waals surface area (Å²) < 4.78 is 0. The molecule has 0 saturated carbocycles. The van der Waals surface area contributed by atoms with E-state index in [0.29, 0.717) is 5.41 Å². The van der Waals surface area contributed by atoms with Gasteiger partial charge in [0, 0.05) is 12.7 Å². The van der Waals surface area contributed by atoms with Gasteiger partial charge in [-0.15, -0.1) is 0 Å². The third-order valence-corrected chi connectivity index (χ3v) is 3.89. The van der Waals surface area contributed by atoms with E-state index in [1.165, 1.54) is 31.5 Å². The van der Waals surface area contributed by atoms with Gasteiger partial charge in [-0.1, -0.05) is 13.0 Å². The number of hydrogen-bond acceptors (Lipinski definition) is 3. The van der Waals surface area contributed by atoms with Crippen LogP contribution in [0.3, 0.4) is 0 Å². The Balaban J connectivity index is 1.92. The van der Waals surface area contributed by atoms with Gasteiger partial charge in [-0.05, 0) is 56.9 Å². The molecular formula is C14H23N3. The molecule has 1 saturated heterocycles. The number of aryl methyl sites for hydroxylation is 1. The second-order valence-electron chi connectivity index (χ2n) is 5.64. The molecule has 1 aliphatic heterocycles. The van der Waals surface area contributed by atoms with Gasteiger partial charge in [0.2, 0.25) is 0 Å². The Labute approximate surface area is 104 Å². The van der Waals surface area contributed by atoms with Gasteiger partial charge in [0.15, 0.2) is 0 Å². The Morgan fingerprint density at radius 1 is 1.41 bits per heavy atom. The SMILES string of the molecule is Cc1cccnc1NCC1(C)CCN(C)CC1. The number of hydrogen-bond donors (Lipinski definition) is 1. The van der Waals surface area contributed by atoms with E-state index in [-0.39, 0.29) is 0 Å². The summed E-state index contributed by atoms with van der Waals surface area (Å²) in [5, 5.41) is 3.51. The molecule has 3 nitrogen and oxygen atoms in total. The Bertz CT molecular complexity index is 367. The molecule has 17 heavy (non-hydrogen) atoms. The molecule has 0 unspecified atom stereocenters. The largest absolute Gasteiger partial charge is 0.369 e. The van der Waals surface area contributed by atoms with Crippen molar-refractivity contribution in [1.82, 2.24) is 9.88 Å². The highest BCUT2D eigenvalue weighted by molar-refractivity contribution is 5.42. The lowest BCUT2D eigenvalue weighted by molar-refractivity contribution is 0.150. The molecule has 2 rings (SSSR count). The maximum atomic E-state index is 4.39. The zero-order valence-corrected chi connectivity index (χ0v) is 11.2. The van der Waals surface area contributed by atoms with E-state index in [4.69, 9.17) is 0 Å². The highest BCUT2D eigenvalue weighted by Crippen LogP contribution is 2.30. The predicted octanol–water partition coefficient (Wildman–Crippen LogP) is 2.53. The maximum Gasteiger partial charge on any atom is 0.128 e. The van der Waals surface area contributed by atoms with Gasteiger partial charge >= 0.3 is 0 Å². The fourth-order valence-corrected chi connectivity index (χ4v) is 2.30. The Morgan fingerprint density at radius 2 is 2.12 bits per heavy atom. The molecule has 0 bridgehead atoms. The number of pyridine rings is 1. The molecule has 94 valence electrons. The summed E-state index contributed by atoms with van der Waals surface area (Å²) in [7, 11) is 2.20. The van der Waals surface area contributed by atoms with Crippen LogP contribution in [0.2, 0.25) is 0 Å². The number of piperidine rings is 1. The fraction of sp³-hybridized carbons (Fsp3) is 0.643. The van der Waals surface area contributed by atoms with Gasteiger partial charge in [0.05, 0.1) is 0 Å². The van der Waals surface area contributed by atoms with E-state index in [9.17, 15) is 0 Å². The molecule has 0 atom stereocenters. The molecule has 1 aliphatic rings. The van der Waals surface area contributed by atoms with E-state index in [1.54, 1.807) is 0 Å². The van der Waals surface area contributed by atoms with E-state index >= 15 is 0 Å². The molecule has 2 heterocycles. The molecule has 0 spiro atoms. The highest BCUT2D eigenvalue weighted by Gasteiger charge is 2.28. The summed E-state index contributed by atoms with van der Waals surface area (Å²) in [6.07, 6.45) is 4.39. The van der Waals surface area contributed by atoms with Crippen LogP contribution in [0.15, 0.2) is 18.3 Å². The zero-order chi connectivity index (χ0) is 12.3. The van der Waals surface area contributed by atoms with Crippen molar-refractivity contribution in [3.63, 3.8) is 0 Å². The topological polar surface area (TPSA) is 28.2 Å². The average Bonchev–Trinajstić information content (AvgIpc) is 2.33. The van der Waals surface area contributed by atoms with Gasteiger partial charge in [-0.3, -0.25) is 0 Å². The summed E-state index contributed by atoms with van der Waals surface area (Å²) in [4.78, 5) is 6.80. The Hall–Kier alpha value is -1.09. The number of nitrogens with zero attached hydrogens (tertiary/aromatic N) is 2. The van der Waals surface area contributed by atoms with E-state index in [1.807, 2.05) is 12.3 Å². The number of anilines is 1. The standard InChI is InChI=1S/C14H23N3/c1-12-5-4-8-15-13(12)16-11-14(2)6-9-17(3)10-7-14/h4-5,8H,6-7,9-11H2,1-3H3,(H,15,16). The second-order valence-corrected chi connectivity index (χ2v) is 5.64. The van der Waals surface area contributed by atoms with Gasteiger partial charge < -0.3 is 10.2 Å². The number of aromatic nitrogens is 1. The summed E-state index contributed by atoms with van der Waals surface area (Å²) in [6.45, 7) is 7.93. The van der Waals surface area contributed by atoms with Crippen molar-refractivity contribution < 1.29 is 0 Å². The van der Waals surface area contributed by atoms with Crippen molar-refractivity contribution >= 4 is 5.82 Å². The van der Waals surface area contributed by atoms with E-state index in [2.05, 4.69) is 42.2 Å². The quantitative estimate of drug-likeness (QED) is 0.869. The van der Waals surface area contributed by atoms with Crippen LogP contribution in [-0.4, -0.2) is 36.6 Å². The minimum atomic E-state index is 0.413. The monoisotopic (exact) mass is 233 g/mol. The first-order valence-electron chi connectivity index (χ1n) is 6.43. The predicted molar refractivity (Wildman–Crippen MR) is 72.3 cm³/mol. The molecule has 1 aromatic heterocycles. The Kier molecular flexibility index (Phi) is 3.67. The average molecular weight is 233 g/mol. The highest BCUT2D eigenvalue weighted by atomic mass is 15.1. The first-order valence-corrected chi connectivity index (χ1v) is 6.43. The molecule has 0 aliphatic carbocycles. The number of likely N-dealkylation sites (tertiary alicyclic amines) is 1. The first kappa shape index (κ1) is 12.4. The van der Waals surface area contributed by atoms with Crippen LogP contribution < -0.4 is 5.32 Å². The normalized spacial score (nSPS) is 20.2. The molecule has 3 heteroatoms. The first-order chi connectivity index (χ1) is 8.09. The van der Waals surface area contributed by atoms with Crippen molar-refractivity contribution in [3.05, 3.63) is 23.9 Å². The molecule has 1 N–H and O–H groups in total. The van der Waals surface area contributed by atoms with Gasteiger partial charge in [0.1, 0.15) is 5.82 Å². The minimum Gasteiger partial charge on any atom is -0.369 e. The molecule has 1 fully saturated rings. The third-order valence-electron chi connectivity index (χ3n) is 3.89. The van der Waals surface area contributed by atoms with Crippen molar-refractivity contribution in [1.29, 1.82) is 0 Å². The lowest BCUT2D eigenvalue weighted by Crippen LogP contribution is -2.40. The van der Waals surface area contributed by atoms with Crippen molar-refractivity contribution in [2.45, 2.75) is 26.7 Å². The van der Waals surface area contributed by atoms with Gasteiger partial charge in [-0.2, -0.15) is 0 Å². The smallest absolute Gasteiger partial charge is 0.128 e. The molecule has 1 aromatic rings. The maximum absolute atomic E-state index is 4.39. The van der Waals surface area contributed by atoms with Gasteiger partial charge in [0.25, 0.3) is 0 Å². The van der Waals surface area contributed by atoms with Crippen LogP contribution in [-0.2, 0) is 0 Å². The summed E-state index contributed by atoms with van der Waals surface area (Å²) in [6, 6.07) is 4.09. The van der Waals surface area contributed by atoms with E-state index in [0.717, 1.165) is 12.4 Å². The molecule has 0 aromatic carbocycles. The van der Waals surface area contributed by atoms with Crippen LogP contribution in [0.5, 0.6) is 0 Å². The van der Waals surface area contributed by atoms with Crippen LogP contribution in [0, 0.1) is 12.3 Å². The lowest BCUT2D eigenvalue weighted by atomic mass is 9.80. The lowest BCUT2D eigenvalue weighted by Gasteiger charge is -2.38. The zero-order valence-electron chi connectivity index (χ0n) is 11.2. The summed E-state index contributed by atoms with van der Waals surface area (Å²) in [5.74, 6) is 1.03. The fourth-order valence-electron chi connectivity index (χ4n) is 2.30. The Morgan fingerprint density at radius 3 is 2.76 bits per heavy atom. The van der Waals surface area contributed by atoms with Crippen LogP contribution >= 0.6 is 0 Å². The van der Waals surface area contributed by atoms with Gasteiger partial charge in [-0.25, -0.2) is 4.98 Å². The third kappa shape index (κ3) is 3.19. The number of nitrogens with one attached hydrogen (secondary N) is 1. The van der Waals surface area contributed by atoms with Crippen molar-refractivity contribution in [3.8, 4) is 0 Å². The summed E-state index contributed by atoms with van der Waals surface area (Å²) >= 11 is 0. The second kappa shape index (κ2) is 5.05. The van der Waals surface area contributed by atoms with Crippen molar-refractivity contribution in [2.75, 3.05) is 32.0 Å². The molecule has 0 radical (unpaired) electrons. The van der Waals surface area contributed by atoms with Crippen LogP contribution in [0.1, 0.15) is 25.3 Å². The summed E-state index contributed by atoms with van der Waals surface area (Å²) in [5.41, 5.74) is 1.64. The van der Waals surface area contributed by atoms with Crippen LogP contribution in [0.4, 0.5) is 5.82 Å². The van der Waals surface area contributed by atoms with E-state index < -0.39 is 0 Å². The number of rotatable bonds is 3. The van der Waals surface area contributed by atoms with Crippen molar-refractivity contribution in [2.24, 2.45) is 5.41 Å². The van der Waals surface area contributed by atoms with Crippen LogP contribution in [0.25, 0.3) is 0 Å². The molecule has 0 amide bonds. The molecular weight excluding hydrogens is 210 g/mol.